The van der Waals surface area contributed by atoms with E-state index < -0.39 is 0 Å². The topological polar surface area (TPSA) is 29.9 Å². The van der Waals surface area contributed by atoms with Crippen LogP contribution < -0.4 is 5.32 Å². The van der Waals surface area contributed by atoms with Crippen LogP contribution in [0.5, 0.6) is 0 Å². The number of aromatic nitrogens is 2. The molecule has 2 aromatic rings. The fourth-order valence-electron chi connectivity index (χ4n) is 3.64. The van der Waals surface area contributed by atoms with Gasteiger partial charge in [-0.3, -0.25) is 0 Å². The number of nitrogens with one attached hydrogen (secondary N) is 1. The standard InChI is InChI=1S/C18H25N3/c1-3-14-9-10-16(19-2)17(13-14)21-12-11-20-18(21)15-7-5-4-6-8-15/h4-8,11-12,14,16-17,19H,3,9-10,13H2,1-2H3. The Labute approximate surface area is 127 Å². The number of imidazole rings is 1. The van der Waals surface area contributed by atoms with Crippen LogP contribution in [0.15, 0.2) is 42.7 Å². The van der Waals surface area contributed by atoms with E-state index in [-0.39, 0.29) is 0 Å². The van der Waals surface area contributed by atoms with Gasteiger partial charge in [0, 0.05) is 24.0 Å². The summed E-state index contributed by atoms with van der Waals surface area (Å²) in [5.74, 6) is 1.93. The predicted octanol–water partition coefficient (Wildman–Crippen LogP) is 3.89. The first-order valence-electron chi connectivity index (χ1n) is 8.09. The van der Waals surface area contributed by atoms with Crippen molar-refractivity contribution in [3.05, 3.63) is 42.7 Å². The zero-order chi connectivity index (χ0) is 14.7. The van der Waals surface area contributed by atoms with E-state index in [1.165, 1.54) is 31.2 Å². The third kappa shape index (κ3) is 2.88. The van der Waals surface area contributed by atoms with Crippen molar-refractivity contribution in [2.45, 2.75) is 44.7 Å². The van der Waals surface area contributed by atoms with Gasteiger partial charge in [0.25, 0.3) is 0 Å². The Balaban J connectivity index is 1.93. The van der Waals surface area contributed by atoms with Crippen molar-refractivity contribution in [1.82, 2.24) is 14.9 Å². The van der Waals surface area contributed by atoms with E-state index in [2.05, 4.69) is 65.4 Å². The minimum atomic E-state index is 0.506. The van der Waals surface area contributed by atoms with Gasteiger partial charge in [-0.2, -0.15) is 0 Å². The van der Waals surface area contributed by atoms with E-state index in [0.29, 0.717) is 12.1 Å². The van der Waals surface area contributed by atoms with Crippen molar-refractivity contribution in [3.63, 3.8) is 0 Å². The molecule has 0 spiro atoms. The highest BCUT2D eigenvalue weighted by Gasteiger charge is 2.31. The fraction of sp³-hybridized carbons (Fsp3) is 0.500. The second-order valence-electron chi connectivity index (χ2n) is 6.07. The van der Waals surface area contributed by atoms with E-state index in [1.54, 1.807) is 0 Å². The summed E-state index contributed by atoms with van der Waals surface area (Å²) < 4.78 is 2.39. The van der Waals surface area contributed by atoms with Gasteiger partial charge < -0.3 is 9.88 Å². The molecule has 3 heteroatoms. The lowest BCUT2D eigenvalue weighted by atomic mass is 9.81. The van der Waals surface area contributed by atoms with Crippen LogP contribution in [-0.4, -0.2) is 22.6 Å². The van der Waals surface area contributed by atoms with Crippen molar-refractivity contribution in [3.8, 4) is 11.4 Å². The van der Waals surface area contributed by atoms with Crippen molar-refractivity contribution in [2.24, 2.45) is 5.92 Å². The average Bonchev–Trinajstić information content (AvgIpc) is 3.04. The summed E-state index contributed by atoms with van der Waals surface area (Å²) in [6.45, 7) is 2.31. The molecule has 1 aromatic carbocycles. The first-order valence-corrected chi connectivity index (χ1v) is 8.09. The Bertz CT molecular complexity index is 561. The minimum Gasteiger partial charge on any atom is -0.326 e. The van der Waals surface area contributed by atoms with Gasteiger partial charge in [0.15, 0.2) is 0 Å². The van der Waals surface area contributed by atoms with Gasteiger partial charge in [-0.1, -0.05) is 43.7 Å². The van der Waals surface area contributed by atoms with Gasteiger partial charge in [-0.05, 0) is 32.2 Å². The Hall–Kier alpha value is -1.61. The smallest absolute Gasteiger partial charge is 0.140 e. The maximum absolute atomic E-state index is 4.62. The summed E-state index contributed by atoms with van der Waals surface area (Å²) >= 11 is 0. The molecule has 112 valence electrons. The van der Waals surface area contributed by atoms with E-state index in [4.69, 9.17) is 0 Å². The molecular weight excluding hydrogens is 258 g/mol. The number of likely N-dealkylation sites (N-methyl/N-ethyl adjacent to an activating group) is 1. The highest BCUT2D eigenvalue weighted by atomic mass is 15.1. The molecule has 0 saturated heterocycles. The quantitative estimate of drug-likeness (QED) is 0.922. The summed E-state index contributed by atoms with van der Waals surface area (Å²) in [4.78, 5) is 4.62. The molecule has 1 N–H and O–H groups in total. The van der Waals surface area contributed by atoms with Gasteiger partial charge in [0.05, 0.1) is 6.04 Å². The lowest BCUT2D eigenvalue weighted by Gasteiger charge is -2.37. The van der Waals surface area contributed by atoms with Crippen LogP contribution in [0.4, 0.5) is 0 Å². The molecule has 1 aromatic heterocycles. The Kier molecular flexibility index (Phi) is 4.39. The molecule has 0 bridgehead atoms. The molecule has 3 rings (SSSR count). The number of nitrogens with zero attached hydrogens (tertiary/aromatic N) is 2. The van der Waals surface area contributed by atoms with Crippen LogP contribution in [0.1, 0.15) is 38.6 Å². The number of rotatable bonds is 4. The van der Waals surface area contributed by atoms with E-state index in [0.717, 1.165) is 11.7 Å². The summed E-state index contributed by atoms with van der Waals surface area (Å²) in [5, 5.41) is 3.52. The van der Waals surface area contributed by atoms with Gasteiger partial charge in [-0.25, -0.2) is 4.98 Å². The van der Waals surface area contributed by atoms with Crippen molar-refractivity contribution < 1.29 is 0 Å². The number of benzene rings is 1. The Morgan fingerprint density at radius 2 is 2.05 bits per heavy atom. The van der Waals surface area contributed by atoms with E-state index >= 15 is 0 Å². The normalized spacial score (nSPS) is 25.9. The molecule has 0 amide bonds. The molecule has 1 aliphatic carbocycles. The molecule has 1 aliphatic rings. The van der Waals surface area contributed by atoms with E-state index in [1.807, 2.05) is 6.20 Å². The van der Waals surface area contributed by atoms with Gasteiger partial charge >= 0.3 is 0 Å². The molecule has 3 nitrogen and oxygen atoms in total. The van der Waals surface area contributed by atoms with Crippen LogP contribution in [-0.2, 0) is 0 Å². The van der Waals surface area contributed by atoms with Crippen LogP contribution in [0.2, 0.25) is 0 Å². The molecule has 0 aliphatic heterocycles. The molecule has 21 heavy (non-hydrogen) atoms. The monoisotopic (exact) mass is 283 g/mol. The fourth-order valence-corrected chi connectivity index (χ4v) is 3.64. The zero-order valence-corrected chi connectivity index (χ0v) is 13.0. The highest BCUT2D eigenvalue weighted by Crippen LogP contribution is 2.36. The lowest BCUT2D eigenvalue weighted by molar-refractivity contribution is 0.210. The molecule has 0 radical (unpaired) electrons. The lowest BCUT2D eigenvalue weighted by Crippen LogP contribution is -2.40. The number of hydrogen-bond donors (Lipinski definition) is 1. The Morgan fingerprint density at radius 1 is 1.24 bits per heavy atom. The molecule has 3 atom stereocenters. The van der Waals surface area contributed by atoms with Crippen LogP contribution in [0.25, 0.3) is 11.4 Å². The maximum Gasteiger partial charge on any atom is 0.140 e. The predicted molar refractivity (Wildman–Crippen MR) is 87.2 cm³/mol. The third-order valence-corrected chi connectivity index (χ3v) is 4.93. The van der Waals surface area contributed by atoms with E-state index in [9.17, 15) is 0 Å². The summed E-state index contributed by atoms with van der Waals surface area (Å²) in [6.07, 6.45) is 9.21. The van der Waals surface area contributed by atoms with Crippen LogP contribution in [0, 0.1) is 5.92 Å². The first kappa shape index (κ1) is 14.3. The van der Waals surface area contributed by atoms with Gasteiger partial charge in [-0.15, -0.1) is 0 Å². The first-order chi connectivity index (χ1) is 10.3. The highest BCUT2D eigenvalue weighted by molar-refractivity contribution is 5.55. The second kappa shape index (κ2) is 6.44. The van der Waals surface area contributed by atoms with Gasteiger partial charge in [0.2, 0.25) is 0 Å². The molecule has 1 fully saturated rings. The van der Waals surface area contributed by atoms with Crippen molar-refractivity contribution in [2.75, 3.05) is 7.05 Å². The maximum atomic E-state index is 4.62. The van der Waals surface area contributed by atoms with Crippen LogP contribution in [0.3, 0.4) is 0 Å². The molecular formula is C18H25N3. The summed E-state index contributed by atoms with van der Waals surface area (Å²) in [7, 11) is 2.09. The SMILES string of the molecule is CCC1CCC(NC)C(n2ccnc2-c2ccccc2)C1. The minimum absolute atomic E-state index is 0.506. The Morgan fingerprint density at radius 3 is 2.76 bits per heavy atom. The second-order valence-corrected chi connectivity index (χ2v) is 6.07. The molecule has 3 unspecified atom stereocenters. The van der Waals surface area contributed by atoms with Crippen molar-refractivity contribution in [1.29, 1.82) is 0 Å². The van der Waals surface area contributed by atoms with Crippen LogP contribution >= 0.6 is 0 Å². The molecule has 1 saturated carbocycles. The molecule has 1 heterocycles. The van der Waals surface area contributed by atoms with Crippen molar-refractivity contribution >= 4 is 0 Å². The zero-order valence-electron chi connectivity index (χ0n) is 13.0. The third-order valence-electron chi connectivity index (χ3n) is 4.93. The van der Waals surface area contributed by atoms with Gasteiger partial charge in [0.1, 0.15) is 5.82 Å². The average molecular weight is 283 g/mol. The summed E-state index contributed by atoms with van der Waals surface area (Å²) in [6, 6.07) is 11.6. The largest absolute Gasteiger partial charge is 0.326 e. The number of hydrogen-bond acceptors (Lipinski definition) is 2. The summed E-state index contributed by atoms with van der Waals surface area (Å²) in [5.41, 5.74) is 1.20.